The molecule has 2 unspecified atom stereocenters. The minimum atomic E-state index is -0.835. The lowest BCUT2D eigenvalue weighted by atomic mass is 10.0. The van der Waals surface area contributed by atoms with Crippen molar-refractivity contribution in [1.82, 2.24) is 0 Å². The molecule has 1 aromatic rings. The summed E-state index contributed by atoms with van der Waals surface area (Å²) in [6.45, 7) is 7.70. The minimum Gasteiger partial charge on any atom is -0.497 e. The molecule has 1 nitrogen and oxygen atoms in total. The Bertz CT molecular complexity index is 622. The van der Waals surface area contributed by atoms with Crippen LogP contribution >= 0.6 is 34.8 Å². The standard InChI is InChI=1S/C18H19Cl3O/c1-11(2)9-14(10-12(3)19)17-16(18(17,20)21)13-5-7-15(22-4)8-6-13/h5-10,16-17H,1H2,2-4H3/b12-10+,14-9+. The molecule has 22 heavy (non-hydrogen) atoms. The van der Waals surface area contributed by atoms with E-state index in [9.17, 15) is 0 Å². The molecule has 0 heterocycles. The lowest BCUT2D eigenvalue weighted by Gasteiger charge is -2.04. The largest absolute Gasteiger partial charge is 0.497 e. The second kappa shape index (κ2) is 6.70. The van der Waals surface area contributed by atoms with Gasteiger partial charge in [-0.1, -0.05) is 42.0 Å². The van der Waals surface area contributed by atoms with Gasteiger partial charge >= 0.3 is 0 Å². The first-order valence-electron chi connectivity index (χ1n) is 7.00. The maximum absolute atomic E-state index is 6.53. The number of benzene rings is 1. The number of alkyl halides is 2. The number of hydrogen-bond acceptors (Lipinski definition) is 1. The molecule has 1 aliphatic carbocycles. The van der Waals surface area contributed by atoms with Gasteiger partial charge in [-0.25, -0.2) is 0 Å². The molecule has 0 amide bonds. The van der Waals surface area contributed by atoms with Crippen molar-refractivity contribution in [3.05, 3.63) is 64.7 Å². The quantitative estimate of drug-likeness (QED) is 0.448. The average molecular weight is 358 g/mol. The summed E-state index contributed by atoms with van der Waals surface area (Å²) in [5.74, 6) is 0.833. The van der Waals surface area contributed by atoms with E-state index in [0.29, 0.717) is 5.03 Å². The Morgan fingerprint density at radius 1 is 1.18 bits per heavy atom. The van der Waals surface area contributed by atoms with Crippen molar-refractivity contribution in [3.63, 3.8) is 0 Å². The minimum absolute atomic E-state index is 0.00497. The van der Waals surface area contributed by atoms with Gasteiger partial charge in [0.05, 0.1) is 7.11 Å². The summed E-state index contributed by atoms with van der Waals surface area (Å²) in [7, 11) is 1.64. The van der Waals surface area contributed by atoms with E-state index < -0.39 is 4.33 Å². The van der Waals surface area contributed by atoms with Gasteiger partial charge in [-0.3, -0.25) is 0 Å². The van der Waals surface area contributed by atoms with Gasteiger partial charge in [-0.15, -0.1) is 23.2 Å². The molecule has 0 bridgehead atoms. The van der Waals surface area contributed by atoms with Crippen molar-refractivity contribution in [2.75, 3.05) is 7.11 Å². The highest BCUT2D eigenvalue weighted by Gasteiger charge is 2.64. The maximum Gasteiger partial charge on any atom is 0.133 e. The molecule has 0 N–H and O–H groups in total. The molecule has 0 radical (unpaired) electrons. The predicted octanol–water partition coefficient (Wildman–Crippen LogP) is 6.23. The predicted molar refractivity (Wildman–Crippen MR) is 96.2 cm³/mol. The van der Waals surface area contributed by atoms with Gasteiger partial charge in [-0.05, 0) is 43.2 Å². The summed E-state index contributed by atoms with van der Waals surface area (Å²) >= 11 is 19.1. The smallest absolute Gasteiger partial charge is 0.133 e. The third-order valence-electron chi connectivity index (χ3n) is 3.67. The Morgan fingerprint density at radius 3 is 2.23 bits per heavy atom. The number of hydrogen-bond donors (Lipinski definition) is 0. The SMILES string of the molecule is C=C(C)/C=C(\C=C(/C)Cl)C1C(c2ccc(OC)cc2)C1(Cl)Cl. The van der Waals surface area contributed by atoms with Gasteiger partial charge in [0.2, 0.25) is 0 Å². The molecule has 1 fully saturated rings. The summed E-state index contributed by atoms with van der Waals surface area (Å²) in [6, 6.07) is 7.83. The summed E-state index contributed by atoms with van der Waals surface area (Å²) in [5, 5.41) is 0.692. The Hall–Kier alpha value is -0.890. The Morgan fingerprint density at radius 2 is 1.77 bits per heavy atom. The fraction of sp³-hybridized carbons (Fsp3) is 0.333. The second-order valence-corrected chi connectivity index (χ2v) is 7.67. The van der Waals surface area contributed by atoms with Crippen molar-refractivity contribution in [3.8, 4) is 5.75 Å². The number of rotatable bonds is 5. The van der Waals surface area contributed by atoms with Gasteiger partial charge in [0.15, 0.2) is 0 Å². The second-order valence-electron chi connectivity index (χ2n) is 5.62. The molecule has 1 aromatic carbocycles. The van der Waals surface area contributed by atoms with Crippen molar-refractivity contribution < 1.29 is 4.74 Å². The Kier molecular flexibility index (Phi) is 5.32. The molecular weight excluding hydrogens is 339 g/mol. The van der Waals surface area contributed by atoms with Crippen LogP contribution in [0.3, 0.4) is 0 Å². The van der Waals surface area contributed by atoms with E-state index >= 15 is 0 Å². The van der Waals surface area contributed by atoms with Gasteiger partial charge in [0.25, 0.3) is 0 Å². The number of methoxy groups -OCH3 is 1. The maximum atomic E-state index is 6.53. The summed E-state index contributed by atoms with van der Waals surface area (Å²) in [5.41, 5.74) is 3.03. The van der Waals surface area contributed by atoms with Crippen LogP contribution < -0.4 is 4.74 Å². The molecule has 0 aliphatic heterocycles. The molecule has 2 rings (SSSR count). The fourth-order valence-corrected chi connectivity index (χ4v) is 3.71. The highest BCUT2D eigenvalue weighted by Crippen LogP contribution is 2.68. The number of halogens is 3. The van der Waals surface area contributed by atoms with Crippen molar-refractivity contribution in [2.45, 2.75) is 24.1 Å². The molecule has 0 aromatic heterocycles. The zero-order valence-corrected chi connectivity index (χ0v) is 15.1. The number of ether oxygens (including phenoxy) is 1. The van der Waals surface area contributed by atoms with Crippen LogP contribution in [0.4, 0.5) is 0 Å². The van der Waals surface area contributed by atoms with Crippen LogP contribution in [-0.2, 0) is 0 Å². The van der Waals surface area contributed by atoms with Crippen LogP contribution in [0.25, 0.3) is 0 Å². The molecular formula is C18H19Cl3O. The van der Waals surface area contributed by atoms with Gasteiger partial charge < -0.3 is 4.74 Å². The van der Waals surface area contributed by atoms with E-state index in [4.69, 9.17) is 39.5 Å². The van der Waals surface area contributed by atoms with E-state index in [2.05, 4.69) is 6.58 Å². The third kappa shape index (κ3) is 3.71. The fourth-order valence-electron chi connectivity index (χ4n) is 2.70. The van der Waals surface area contributed by atoms with Crippen LogP contribution in [0.15, 0.2) is 59.2 Å². The third-order valence-corrected chi connectivity index (χ3v) is 4.72. The van der Waals surface area contributed by atoms with Crippen molar-refractivity contribution in [2.24, 2.45) is 5.92 Å². The average Bonchev–Trinajstić information content (AvgIpc) is 3.00. The van der Waals surface area contributed by atoms with Crippen LogP contribution in [0.2, 0.25) is 0 Å². The summed E-state index contributed by atoms with van der Waals surface area (Å²) < 4.78 is 4.35. The topological polar surface area (TPSA) is 9.23 Å². The van der Waals surface area contributed by atoms with Crippen molar-refractivity contribution >= 4 is 34.8 Å². The van der Waals surface area contributed by atoms with Gasteiger partial charge in [-0.2, -0.15) is 0 Å². The lowest BCUT2D eigenvalue weighted by Crippen LogP contribution is -1.93. The van der Waals surface area contributed by atoms with E-state index in [-0.39, 0.29) is 11.8 Å². The van der Waals surface area contributed by atoms with Crippen LogP contribution in [0, 0.1) is 5.92 Å². The molecule has 1 saturated carbocycles. The number of allylic oxidation sites excluding steroid dienone is 5. The van der Waals surface area contributed by atoms with Crippen LogP contribution in [0.1, 0.15) is 25.3 Å². The zero-order chi connectivity index (χ0) is 16.5. The first-order valence-corrected chi connectivity index (χ1v) is 8.13. The highest BCUT2D eigenvalue weighted by molar-refractivity contribution is 6.52. The molecule has 0 spiro atoms. The van der Waals surface area contributed by atoms with Gasteiger partial charge in [0.1, 0.15) is 10.1 Å². The lowest BCUT2D eigenvalue weighted by molar-refractivity contribution is 0.414. The van der Waals surface area contributed by atoms with E-state index in [1.54, 1.807) is 7.11 Å². The summed E-state index contributed by atoms with van der Waals surface area (Å²) in [4.78, 5) is 0. The van der Waals surface area contributed by atoms with E-state index in [1.165, 1.54) is 0 Å². The van der Waals surface area contributed by atoms with E-state index in [0.717, 1.165) is 22.5 Å². The zero-order valence-electron chi connectivity index (χ0n) is 12.9. The van der Waals surface area contributed by atoms with Crippen molar-refractivity contribution in [1.29, 1.82) is 0 Å². The molecule has 2 atom stereocenters. The molecule has 0 saturated heterocycles. The van der Waals surface area contributed by atoms with Crippen LogP contribution in [-0.4, -0.2) is 11.4 Å². The molecule has 1 aliphatic rings. The Balaban J connectivity index is 2.34. The van der Waals surface area contributed by atoms with Gasteiger partial charge in [0, 0.05) is 16.9 Å². The monoisotopic (exact) mass is 356 g/mol. The van der Waals surface area contributed by atoms with Crippen LogP contribution in [0.5, 0.6) is 5.75 Å². The van der Waals surface area contributed by atoms with E-state index in [1.807, 2.05) is 50.3 Å². The Labute approximate surface area is 147 Å². The normalized spacial score (nSPS) is 24.1. The molecule has 118 valence electrons. The molecule has 4 heteroatoms. The highest BCUT2D eigenvalue weighted by atomic mass is 35.5. The first kappa shape index (κ1) is 17.5. The first-order chi connectivity index (χ1) is 10.3. The summed E-state index contributed by atoms with van der Waals surface area (Å²) in [6.07, 6.45) is 3.89.